The van der Waals surface area contributed by atoms with E-state index in [0.717, 1.165) is 37.5 Å². The third-order valence-corrected chi connectivity index (χ3v) is 5.30. The van der Waals surface area contributed by atoms with Gasteiger partial charge in [0.15, 0.2) is 0 Å². The fraction of sp³-hybridized carbons (Fsp3) is 0.409. The number of nitrogens with one attached hydrogen (secondary N) is 1. The van der Waals surface area contributed by atoms with Crippen molar-refractivity contribution >= 4 is 6.29 Å². The maximum atomic E-state index is 11.6. The molecule has 1 aliphatic rings. The lowest BCUT2D eigenvalue weighted by Gasteiger charge is -2.37. The lowest BCUT2D eigenvalue weighted by atomic mass is 9.75. The molecule has 3 rings (SSSR count). The molecule has 2 nitrogen and oxygen atoms in total. The average molecular weight is 321 g/mol. The van der Waals surface area contributed by atoms with Gasteiger partial charge in [0.05, 0.1) is 0 Å². The van der Waals surface area contributed by atoms with Gasteiger partial charge in [0, 0.05) is 23.6 Å². The highest BCUT2D eigenvalue weighted by molar-refractivity contribution is 5.78. The molecule has 2 aromatic carbocycles. The summed E-state index contributed by atoms with van der Waals surface area (Å²) in [7, 11) is 0. The fourth-order valence-corrected chi connectivity index (χ4v) is 4.13. The molecule has 2 aromatic rings. The summed E-state index contributed by atoms with van der Waals surface area (Å²) in [5.74, 6) is 0.423. The number of hydrogen-bond acceptors (Lipinski definition) is 2. The zero-order valence-electron chi connectivity index (χ0n) is 14.7. The van der Waals surface area contributed by atoms with Crippen LogP contribution in [0.15, 0.2) is 48.5 Å². The van der Waals surface area contributed by atoms with Crippen LogP contribution in [0.1, 0.15) is 72.1 Å². The van der Waals surface area contributed by atoms with Crippen LogP contribution in [-0.4, -0.2) is 12.3 Å². The Morgan fingerprint density at radius 3 is 2.67 bits per heavy atom. The molecule has 0 spiro atoms. The van der Waals surface area contributed by atoms with E-state index in [-0.39, 0.29) is 0 Å². The summed E-state index contributed by atoms with van der Waals surface area (Å²) in [6.07, 6.45) is 5.48. The first kappa shape index (κ1) is 16.9. The zero-order valence-corrected chi connectivity index (χ0v) is 14.7. The summed E-state index contributed by atoms with van der Waals surface area (Å²) in [6, 6.07) is 17.5. The maximum absolute atomic E-state index is 11.6. The summed E-state index contributed by atoms with van der Waals surface area (Å²) in [5.41, 5.74) is 4.86. The minimum atomic E-state index is 0.320. The van der Waals surface area contributed by atoms with E-state index < -0.39 is 0 Å². The molecular weight excluding hydrogens is 294 g/mol. The minimum Gasteiger partial charge on any atom is -0.307 e. The van der Waals surface area contributed by atoms with Gasteiger partial charge in [-0.3, -0.25) is 4.79 Å². The first-order chi connectivity index (χ1) is 11.7. The molecule has 0 fully saturated rings. The number of benzene rings is 2. The molecule has 0 aliphatic heterocycles. The number of fused-ring (bicyclic) bond motifs is 1. The van der Waals surface area contributed by atoms with Crippen LogP contribution in [0, 0.1) is 0 Å². The predicted molar refractivity (Wildman–Crippen MR) is 99.6 cm³/mol. The molecule has 2 unspecified atom stereocenters. The number of carbonyl (C=O) groups excluding carboxylic acids is 1. The van der Waals surface area contributed by atoms with E-state index in [1.165, 1.54) is 16.7 Å². The Hall–Kier alpha value is -1.93. The lowest BCUT2D eigenvalue weighted by Crippen LogP contribution is -2.40. The van der Waals surface area contributed by atoms with Crippen molar-refractivity contribution in [3.05, 3.63) is 70.8 Å². The SMILES string of the molecule is CCCC1c2c(C=O)cccc2CCC1N[C@@H](C)c1ccccc1. The predicted octanol–water partition coefficient (Wildman–Crippen LogP) is 5.05. The second-order valence-electron chi connectivity index (χ2n) is 6.88. The van der Waals surface area contributed by atoms with Crippen LogP contribution in [-0.2, 0) is 6.42 Å². The highest BCUT2D eigenvalue weighted by atomic mass is 16.1. The summed E-state index contributed by atoms with van der Waals surface area (Å²) >= 11 is 0. The van der Waals surface area contributed by atoms with Gasteiger partial charge >= 0.3 is 0 Å². The Morgan fingerprint density at radius 2 is 1.96 bits per heavy atom. The van der Waals surface area contributed by atoms with Gasteiger partial charge in [-0.2, -0.15) is 0 Å². The van der Waals surface area contributed by atoms with Gasteiger partial charge in [-0.15, -0.1) is 0 Å². The third kappa shape index (κ3) is 3.44. The number of rotatable bonds is 6. The fourth-order valence-electron chi connectivity index (χ4n) is 4.13. The minimum absolute atomic E-state index is 0.320. The second kappa shape index (κ2) is 7.76. The topological polar surface area (TPSA) is 29.1 Å². The molecule has 0 saturated carbocycles. The molecular formula is C22H27NO. The normalized spacial score (nSPS) is 21.1. The van der Waals surface area contributed by atoms with E-state index in [1.54, 1.807) is 0 Å². The molecule has 0 amide bonds. The third-order valence-electron chi connectivity index (χ3n) is 5.30. The van der Waals surface area contributed by atoms with Crippen molar-refractivity contribution in [3.63, 3.8) is 0 Å². The molecule has 2 heteroatoms. The van der Waals surface area contributed by atoms with Crippen LogP contribution < -0.4 is 5.32 Å². The van der Waals surface area contributed by atoms with Crippen LogP contribution in [0.2, 0.25) is 0 Å². The highest BCUT2D eigenvalue weighted by Crippen LogP contribution is 2.37. The Labute approximate surface area is 145 Å². The number of aryl methyl sites for hydroxylation is 1. The van der Waals surface area contributed by atoms with Crippen molar-refractivity contribution in [1.29, 1.82) is 0 Å². The highest BCUT2D eigenvalue weighted by Gasteiger charge is 2.31. The van der Waals surface area contributed by atoms with E-state index in [4.69, 9.17) is 0 Å². The Kier molecular flexibility index (Phi) is 5.47. The monoisotopic (exact) mass is 321 g/mol. The van der Waals surface area contributed by atoms with E-state index in [9.17, 15) is 4.79 Å². The van der Waals surface area contributed by atoms with Gasteiger partial charge in [0.2, 0.25) is 0 Å². The molecule has 0 radical (unpaired) electrons. The van der Waals surface area contributed by atoms with Crippen molar-refractivity contribution in [1.82, 2.24) is 5.32 Å². The smallest absolute Gasteiger partial charge is 0.150 e. The van der Waals surface area contributed by atoms with Crippen molar-refractivity contribution in [2.45, 2.75) is 57.5 Å². The second-order valence-corrected chi connectivity index (χ2v) is 6.88. The van der Waals surface area contributed by atoms with Crippen molar-refractivity contribution in [2.24, 2.45) is 0 Å². The van der Waals surface area contributed by atoms with Gasteiger partial charge < -0.3 is 5.32 Å². The molecule has 0 aromatic heterocycles. The van der Waals surface area contributed by atoms with Gasteiger partial charge in [0.1, 0.15) is 6.29 Å². The van der Waals surface area contributed by atoms with Crippen LogP contribution in [0.25, 0.3) is 0 Å². The number of aldehydes is 1. The molecule has 126 valence electrons. The zero-order chi connectivity index (χ0) is 16.9. The van der Waals surface area contributed by atoms with Crippen LogP contribution in [0.3, 0.4) is 0 Å². The Balaban J connectivity index is 1.87. The largest absolute Gasteiger partial charge is 0.307 e. The van der Waals surface area contributed by atoms with Crippen LogP contribution >= 0.6 is 0 Å². The number of hydrogen-bond donors (Lipinski definition) is 1. The first-order valence-electron chi connectivity index (χ1n) is 9.12. The molecule has 1 N–H and O–H groups in total. The molecule has 0 bridgehead atoms. The number of carbonyl (C=O) groups is 1. The lowest BCUT2D eigenvalue weighted by molar-refractivity contribution is 0.112. The van der Waals surface area contributed by atoms with E-state index in [0.29, 0.717) is 18.0 Å². The molecule has 0 saturated heterocycles. The molecule has 3 atom stereocenters. The van der Waals surface area contributed by atoms with Gasteiger partial charge in [-0.05, 0) is 42.9 Å². The van der Waals surface area contributed by atoms with Crippen LogP contribution in [0.4, 0.5) is 0 Å². The average Bonchev–Trinajstić information content (AvgIpc) is 2.63. The molecule has 24 heavy (non-hydrogen) atoms. The first-order valence-corrected chi connectivity index (χ1v) is 9.12. The van der Waals surface area contributed by atoms with Crippen molar-refractivity contribution in [3.8, 4) is 0 Å². The van der Waals surface area contributed by atoms with Crippen molar-refractivity contribution in [2.75, 3.05) is 0 Å². The standard InChI is InChI=1S/C22H27NO/c1-3-8-20-21(23-16(2)17-9-5-4-6-10-17)14-13-18-11-7-12-19(15-24)22(18)20/h4-7,9-12,15-16,20-21,23H,3,8,13-14H2,1-2H3/t16-,20?,21?/m0/s1. The van der Waals surface area contributed by atoms with E-state index in [1.807, 2.05) is 12.1 Å². The van der Waals surface area contributed by atoms with Gasteiger partial charge in [-0.1, -0.05) is 61.9 Å². The Morgan fingerprint density at radius 1 is 1.17 bits per heavy atom. The van der Waals surface area contributed by atoms with Crippen LogP contribution in [0.5, 0.6) is 0 Å². The summed E-state index contributed by atoms with van der Waals surface area (Å²) in [6.45, 7) is 4.47. The van der Waals surface area contributed by atoms with E-state index in [2.05, 4.69) is 55.6 Å². The maximum Gasteiger partial charge on any atom is 0.150 e. The summed E-state index contributed by atoms with van der Waals surface area (Å²) < 4.78 is 0. The van der Waals surface area contributed by atoms with Gasteiger partial charge in [-0.25, -0.2) is 0 Å². The van der Waals surface area contributed by atoms with Gasteiger partial charge in [0.25, 0.3) is 0 Å². The summed E-state index contributed by atoms with van der Waals surface area (Å²) in [4.78, 5) is 11.6. The molecule has 0 heterocycles. The molecule has 1 aliphatic carbocycles. The summed E-state index contributed by atoms with van der Waals surface area (Å²) in [5, 5.41) is 3.85. The van der Waals surface area contributed by atoms with E-state index >= 15 is 0 Å². The van der Waals surface area contributed by atoms with Crippen molar-refractivity contribution < 1.29 is 4.79 Å². The quantitative estimate of drug-likeness (QED) is 0.754. The Bertz CT molecular complexity index is 680.